The number of fused-ring (bicyclic) bond motifs is 1. The SMILES string of the molecule is Cc1ccc2c(=O)c(-c3nc(-c4cccc(F)c4)no3)cn(CC(=O)Nc3cccc(C)c3C)c2n1. The molecule has 8 nitrogen and oxygen atoms in total. The van der Waals surface area contributed by atoms with E-state index in [0.29, 0.717) is 28.0 Å². The number of anilines is 1. The average molecular weight is 484 g/mol. The molecule has 5 rings (SSSR count). The smallest absolute Gasteiger partial charge is 0.263 e. The highest BCUT2D eigenvalue weighted by Gasteiger charge is 2.19. The Hall–Kier alpha value is -4.66. The van der Waals surface area contributed by atoms with Gasteiger partial charge in [-0.2, -0.15) is 4.98 Å². The molecule has 5 aromatic rings. The molecule has 3 aromatic heterocycles. The largest absolute Gasteiger partial charge is 0.333 e. The summed E-state index contributed by atoms with van der Waals surface area (Å²) in [7, 11) is 0. The van der Waals surface area contributed by atoms with Crippen LogP contribution in [0.2, 0.25) is 0 Å². The first-order valence-electron chi connectivity index (χ1n) is 11.3. The zero-order valence-corrected chi connectivity index (χ0v) is 19.9. The van der Waals surface area contributed by atoms with Crippen molar-refractivity contribution in [3.63, 3.8) is 0 Å². The van der Waals surface area contributed by atoms with E-state index >= 15 is 0 Å². The Balaban J connectivity index is 1.56. The van der Waals surface area contributed by atoms with Crippen LogP contribution in [-0.4, -0.2) is 25.6 Å². The Morgan fingerprint density at radius 3 is 2.67 bits per heavy atom. The number of amides is 1. The topological polar surface area (TPSA) is 103 Å². The number of nitrogens with one attached hydrogen (secondary N) is 1. The maximum atomic E-state index is 13.6. The van der Waals surface area contributed by atoms with Crippen LogP contribution in [-0.2, 0) is 11.3 Å². The van der Waals surface area contributed by atoms with Crippen molar-refractivity contribution < 1.29 is 13.7 Å². The van der Waals surface area contributed by atoms with Crippen molar-refractivity contribution in [3.05, 3.63) is 93.7 Å². The second-order valence-corrected chi connectivity index (χ2v) is 8.55. The standard InChI is InChI=1S/C27H22FN5O3/c1-15-6-4-9-22(17(15)3)30-23(34)14-33-13-21(24(35)20-11-10-16(2)29-26(20)33)27-31-25(32-36-27)18-7-5-8-19(28)12-18/h4-13H,14H2,1-3H3,(H,30,34). The summed E-state index contributed by atoms with van der Waals surface area (Å²) in [5, 5.41) is 7.15. The van der Waals surface area contributed by atoms with Crippen LogP contribution in [0.5, 0.6) is 0 Å². The van der Waals surface area contributed by atoms with Crippen molar-refractivity contribution in [3.8, 4) is 22.8 Å². The molecule has 0 spiro atoms. The van der Waals surface area contributed by atoms with E-state index in [0.717, 1.165) is 11.1 Å². The Morgan fingerprint density at radius 1 is 1.06 bits per heavy atom. The molecule has 0 aliphatic heterocycles. The van der Waals surface area contributed by atoms with Crippen LogP contribution >= 0.6 is 0 Å². The number of aromatic nitrogens is 4. The minimum atomic E-state index is -0.441. The highest BCUT2D eigenvalue weighted by Crippen LogP contribution is 2.23. The molecule has 180 valence electrons. The van der Waals surface area contributed by atoms with Gasteiger partial charge in [0.2, 0.25) is 17.2 Å². The van der Waals surface area contributed by atoms with Gasteiger partial charge < -0.3 is 14.4 Å². The molecule has 0 saturated carbocycles. The van der Waals surface area contributed by atoms with Crippen LogP contribution in [0.3, 0.4) is 0 Å². The molecule has 0 fully saturated rings. The molecule has 2 aromatic carbocycles. The minimum Gasteiger partial charge on any atom is -0.333 e. The summed E-state index contributed by atoms with van der Waals surface area (Å²) in [6, 6.07) is 14.8. The van der Waals surface area contributed by atoms with Crippen molar-refractivity contribution in [1.82, 2.24) is 19.7 Å². The second-order valence-electron chi connectivity index (χ2n) is 8.55. The first kappa shape index (κ1) is 23.1. The first-order valence-corrected chi connectivity index (χ1v) is 11.3. The lowest BCUT2D eigenvalue weighted by Crippen LogP contribution is -2.22. The van der Waals surface area contributed by atoms with Gasteiger partial charge in [0.1, 0.15) is 23.6 Å². The molecular weight excluding hydrogens is 461 g/mol. The molecule has 9 heteroatoms. The van der Waals surface area contributed by atoms with E-state index in [2.05, 4.69) is 20.4 Å². The van der Waals surface area contributed by atoms with E-state index in [1.807, 2.05) is 39.0 Å². The number of benzene rings is 2. The average Bonchev–Trinajstić information content (AvgIpc) is 3.34. The van der Waals surface area contributed by atoms with Crippen molar-refractivity contribution >= 4 is 22.6 Å². The molecule has 1 N–H and O–H groups in total. The number of hydrogen-bond acceptors (Lipinski definition) is 6. The summed E-state index contributed by atoms with van der Waals surface area (Å²) in [6.07, 6.45) is 1.49. The summed E-state index contributed by atoms with van der Waals surface area (Å²) in [5.41, 5.74) is 3.98. The van der Waals surface area contributed by atoms with Crippen LogP contribution in [0, 0.1) is 26.6 Å². The van der Waals surface area contributed by atoms with Crippen LogP contribution in [0.15, 0.2) is 70.1 Å². The van der Waals surface area contributed by atoms with Gasteiger partial charge in [0, 0.05) is 23.1 Å². The highest BCUT2D eigenvalue weighted by molar-refractivity contribution is 5.92. The van der Waals surface area contributed by atoms with Crippen molar-refractivity contribution in [2.45, 2.75) is 27.3 Å². The van der Waals surface area contributed by atoms with Crippen LogP contribution < -0.4 is 10.7 Å². The van der Waals surface area contributed by atoms with Gasteiger partial charge in [-0.25, -0.2) is 9.37 Å². The Labute approximate surface area is 205 Å². The van der Waals surface area contributed by atoms with Crippen LogP contribution in [0.25, 0.3) is 33.9 Å². The third kappa shape index (κ3) is 4.38. The molecule has 0 saturated heterocycles. The third-order valence-electron chi connectivity index (χ3n) is 5.99. The van der Waals surface area contributed by atoms with Crippen LogP contribution in [0.1, 0.15) is 16.8 Å². The molecule has 3 heterocycles. The number of nitrogens with zero attached hydrogens (tertiary/aromatic N) is 4. The molecule has 0 bridgehead atoms. The van der Waals surface area contributed by atoms with Gasteiger partial charge in [0.25, 0.3) is 5.89 Å². The fraction of sp³-hybridized carbons (Fsp3) is 0.148. The summed E-state index contributed by atoms with van der Waals surface area (Å²) in [4.78, 5) is 35.1. The third-order valence-corrected chi connectivity index (χ3v) is 5.99. The molecule has 0 unspecified atom stereocenters. The van der Waals surface area contributed by atoms with Gasteiger partial charge in [0.15, 0.2) is 0 Å². The Kier molecular flexibility index (Phi) is 5.89. The quantitative estimate of drug-likeness (QED) is 0.385. The second kappa shape index (κ2) is 9.18. The van der Waals surface area contributed by atoms with Gasteiger partial charge >= 0.3 is 0 Å². The monoisotopic (exact) mass is 483 g/mol. The Bertz CT molecular complexity index is 1690. The predicted octanol–water partition coefficient (Wildman–Crippen LogP) is 4.82. The van der Waals surface area contributed by atoms with Gasteiger partial charge in [-0.05, 0) is 62.2 Å². The van der Waals surface area contributed by atoms with Crippen molar-refractivity contribution in [2.24, 2.45) is 0 Å². The zero-order chi connectivity index (χ0) is 25.4. The fourth-order valence-corrected chi connectivity index (χ4v) is 3.94. The van der Waals surface area contributed by atoms with Crippen molar-refractivity contribution in [2.75, 3.05) is 5.32 Å². The number of hydrogen-bond donors (Lipinski definition) is 1. The van der Waals surface area contributed by atoms with E-state index in [9.17, 15) is 14.0 Å². The summed E-state index contributed by atoms with van der Waals surface area (Å²) >= 11 is 0. The number of aryl methyl sites for hydroxylation is 2. The van der Waals surface area contributed by atoms with Gasteiger partial charge in [-0.15, -0.1) is 0 Å². The van der Waals surface area contributed by atoms with E-state index in [4.69, 9.17) is 4.52 Å². The maximum Gasteiger partial charge on any atom is 0.263 e. The lowest BCUT2D eigenvalue weighted by molar-refractivity contribution is -0.116. The zero-order valence-electron chi connectivity index (χ0n) is 19.9. The molecule has 0 aliphatic rings. The predicted molar refractivity (Wildman–Crippen MR) is 134 cm³/mol. The summed E-state index contributed by atoms with van der Waals surface area (Å²) < 4.78 is 20.6. The van der Waals surface area contributed by atoms with Gasteiger partial charge in [-0.3, -0.25) is 9.59 Å². The molecule has 0 radical (unpaired) electrons. The maximum absolute atomic E-state index is 13.6. The first-order chi connectivity index (χ1) is 17.3. The van der Waals surface area contributed by atoms with Gasteiger partial charge in [0.05, 0.1) is 5.39 Å². The lowest BCUT2D eigenvalue weighted by Gasteiger charge is -2.14. The number of rotatable bonds is 5. The lowest BCUT2D eigenvalue weighted by atomic mass is 10.1. The Morgan fingerprint density at radius 2 is 1.86 bits per heavy atom. The van der Waals surface area contributed by atoms with E-state index < -0.39 is 5.82 Å². The van der Waals surface area contributed by atoms with Crippen molar-refractivity contribution in [1.29, 1.82) is 0 Å². The van der Waals surface area contributed by atoms with Gasteiger partial charge in [-0.1, -0.05) is 29.4 Å². The molecular formula is C27H22FN5O3. The normalized spacial score (nSPS) is 11.1. The molecule has 1 amide bonds. The summed E-state index contributed by atoms with van der Waals surface area (Å²) in [6.45, 7) is 5.62. The highest BCUT2D eigenvalue weighted by atomic mass is 19.1. The minimum absolute atomic E-state index is 0.0366. The van der Waals surface area contributed by atoms with E-state index in [1.54, 1.807) is 22.8 Å². The number of carbonyl (C=O) groups excluding carboxylic acids is 1. The van der Waals surface area contributed by atoms with Crippen LogP contribution in [0.4, 0.5) is 10.1 Å². The number of pyridine rings is 2. The molecule has 0 aliphatic carbocycles. The van der Waals surface area contributed by atoms with E-state index in [1.165, 1.54) is 24.4 Å². The molecule has 36 heavy (non-hydrogen) atoms. The fourth-order valence-electron chi connectivity index (χ4n) is 3.94. The molecule has 0 atom stereocenters. The number of halogens is 1. The number of carbonyl (C=O) groups is 1. The summed E-state index contributed by atoms with van der Waals surface area (Å²) in [5.74, 6) is -0.618. The van der Waals surface area contributed by atoms with E-state index in [-0.39, 0.29) is 35.2 Å².